The van der Waals surface area contributed by atoms with Crippen LogP contribution in [0.5, 0.6) is 11.5 Å². The first-order valence-corrected chi connectivity index (χ1v) is 6.45. The van der Waals surface area contributed by atoms with E-state index in [1.54, 1.807) is 18.2 Å². The summed E-state index contributed by atoms with van der Waals surface area (Å²) in [5.74, 6) is 0.959. The Labute approximate surface area is 122 Å². The fourth-order valence-corrected chi connectivity index (χ4v) is 2.06. The van der Waals surface area contributed by atoms with Crippen molar-refractivity contribution in [2.24, 2.45) is 5.10 Å². The normalized spacial score (nSPS) is 12.8. The Hall–Kier alpha value is -2.35. The van der Waals surface area contributed by atoms with E-state index >= 15 is 0 Å². The first-order valence-electron chi connectivity index (χ1n) is 5.66. The van der Waals surface area contributed by atoms with Gasteiger partial charge in [-0.2, -0.15) is 10.2 Å². The molecule has 0 saturated heterocycles. The fourth-order valence-electron chi connectivity index (χ4n) is 1.63. The van der Waals surface area contributed by atoms with Crippen LogP contribution in [0.4, 0.5) is 0 Å². The molecule has 1 amide bonds. The number of fused-ring (bicyclic) bond motifs is 1. The molecule has 0 saturated carbocycles. The van der Waals surface area contributed by atoms with Crippen molar-refractivity contribution in [3.05, 3.63) is 40.1 Å². The monoisotopic (exact) mass is 336 g/mol. The van der Waals surface area contributed by atoms with E-state index in [0.717, 1.165) is 10.0 Å². The van der Waals surface area contributed by atoms with Gasteiger partial charge < -0.3 is 9.47 Å². The van der Waals surface area contributed by atoms with Crippen molar-refractivity contribution in [3.8, 4) is 11.5 Å². The largest absolute Gasteiger partial charge is 0.454 e. The van der Waals surface area contributed by atoms with Crippen LogP contribution < -0.4 is 14.9 Å². The van der Waals surface area contributed by atoms with Gasteiger partial charge in [0, 0.05) is 16.2 Å². The topological polar surface area (TPSA) is 88.6 Å². The molecule has 2 heterocycles. The molecule has 1 aliphatic heterocycles. The number of nitrogens with one attached hydrogen (secondary N) is 2. The van der Waals surface area contributed by atoms with Crippen molar-refractivity contribution in [1.82, 2.24) is 15.6 Å². The van der Waals surface area contributed by atoms with Crippen molar-refractivity contribution in [3.63, 3.8) is 0 Å². The summed E-state index contributed by atoms with van der Waals surface area (Å²) in [6, 6.07) is 5.13. The number of amides is 1. The van der Waals surface area contributed by atoms with Crippen LogP contribution in [0.25, 0.3) is 0 Å². The summed E-state index contributed by atoms with van der Waals surface area (Å²) in [4.78, 5) is 11.6. The molecule has 0 radical (unpaired) electrons. The lowest BCUT2D eigenvalue weighted by atomic mass is 10.2. The summed E-state index contributed by atoms with van der Waals surface area (Å²) in [5.41, 5.74) is 3.50. The number of hydrazone groups is 1. The van der Waals surface area contributed by atoms with E-state index in [9.17, 15) is 4.79 Å². The molecular formula is C12H9BrN4O3. The van der Waals surface area contributed by atoms with Crippen molar-refractivity contribution < 1.29 is 14.3 Å². The van der Waals surface area contributed by atoms with Gasteiger partial charge in [-0.3, -0.25) is 9.89 Å². The quantitative estimate of drug-likeness (QED) is 0.659. The van der Waals surface area contributed by atoms with Crippen LogP contribution in [0.1, 0.15) is 16.1 Å². The summed E-state index contributed by atoms with van der Waals surface area (Å²) in [7, 11) is 0. The number of hydrogen-bond donors (Lipinski definition) is 2. The summed E-state index contributed by atoms with van der Waals surface area (Å²) < 4.78 is 11.3. The van der Waals surface area contributed by atoms with E-state index in [4.69, 9.17) is 9.47 Å². The van der Waals surface area contributed by atoms with Crippen LogP contribution in [0.15, 0.2) is 34.0 Å². The number of carbonyl (C=O) groups excluding carboxylic acids is 1. The van der Waals surface area contributed by atoms with Crippen LogP contribution in [-0.4, -0.2) is 29.1 Å². The van der Waals surface area contributed by atoms with Crippen molar-refractivity contribution in [1.29, 1.82) is 0 Å². The van der Waals surface area contributed by atoms with E-state index in [1.807, 2.05) is 0 Å². The van der Waals surface area contributed by atoms with E-state index in [1.165, 1.54) is 12.4 Å². The highest BCUT2D eigenvalue weighted by atomic mass is 79.9. The summed E-state index contributed by atoms with van der Waals surface area (Å²) in [6.45, 7) is 0.207. The zero-order valence-electron chi connectivity index (χ0n) is 10.1. The van der Waals surface area contributed by atoms with E-state index < -0.39 is 0 Å². The minimum atomic E-state index is -0.365. The third-order valence-electron chi connectivity index (χ3n) is 2.61. The van der Waals surface area contributed by atoms with Gasteiger partial charge in [0.25, 0.3) is 5.91 Å². The highest BCUT2D eigenvalue weighted by Crippen LogP contribution is 2.36. The Morgan fingerprint density at radius 2 is 2.25 bits per heavy atom. The van der Waals surface area contributed by atoms with Gasteiger partial charge in [-0.1, -0.05) is 0 Å². The van der Waals surface area contributed by atoms with Gasteiger partial charge in [0.05, 0.1) is 6.21 Å². The minimum absolute atomic E-state index is 0.207. The lowest BCUT2D eigenvalue weighted by Crippen LogP contribution is -2.18. The molecule has 0 atom stereocenters. The van der Waals surface area contributed by atoms with Gasteiger partial charge in [-0.15, -0.1) is 0 Å². The predicted octanol–water partition coefficient (Wildman–Crippen LogP) is 1.66. The lowest BCUT2D eigenvalue weighted by molar-refractivity contribution is 0.0950. The molecule has 0 fully saturated rings. The van der Waals surface area contributed by atoms with Crippen molar-refractivity contribution in [2.45, 2.75) is 0 Å². The molecule has 0 spiro atoms. The Kier molecular flexibility index (Phi) is 3.38. The lowest BCUT2D eigenvalue weighted by Gasteiger charge is -2.01. The van der Waals surface area contributed by atoms with Crippen molar-refractivity contribution >= 4 is 28.1 Å². The Balaban J connectivity index is 1.72. The molecule has 2 N–H and O–H groups in total. The Morgan fingerprint density at radius 3 is 3.00 bits per heavy atom. The predicted molar refractivity (Wildman–Crippen MR) is 73.9 cm³/mol. The molecule has 1 aromatic heterocycles. The standard InChI is InChI=1S/C12H9BrN4O3/c13-8-4-11-10(19-6-20-11)3-7(8)5-15-17-12(18)9-1-2-14-16-9/h1-5H,6H2,(H,14,16)(H,17,18)/b15-5+. The zero-order chi connectivity index (χ0) is 13.9. The maximum absolute atomic E-state index is 11.6. The number of carbonyl (C=O) groups is 1. The first kappa shape index (κ1) is 12.7. The zero-order valence-corrected chi connectivity index (χ0v) is 11.7. The smallest absolute Gasteiger partial charge is 0.289 e. The van der Waals surface area contributed by atoms with Crippen LogP contribution in [0.3, 0.4) is 0 Å². The fraction of sp³-hybridized carbons (Fsp3) is 0.0833. The number of hydrogen-bond acceptors (Lipinski definition) is 5. The van der Waals surface area contributed by atoms with Gasteiger partial charge in [0.15, 0.2) is 11.5 Å². The second-order valence-electron chi connectivity index (χ2n) is 3.90. The average Bonchev–Trinajstić information content (AvgIpc) is 3.08. The molecule has 2 aromatic rings. The van der Waals surface area contributed by atoms with Crippen LogP contribution in [0, 0.1) is 0 Å². The molecule has 0 unspecified atom stereocenters. The number of benzene rings is 1. The van der Waals surface area contributed by atoms with E-state index in [-0.39, 0.29) is 12.7 Å². The van der Waals surface area contributed by atoms with Gasteiger partial charge in [-0.05, 0) is 34.1 Å². The Bertz CT molecular complexity index is 670. The molecule has 7 nitrogen and oxygen atoms in total. The number of halogens is 1. The number of H-pyrrole nitrogens is 1. The van der Waals surface area contributed by atoms with Gasteiger partial charge in [0.2, 0.25) is 6.79 Å². The number of aromatic amines is 1. The second-order valence-corrected chi connectivity index (χ2v) is 4.75. The molecule has 3 rings (SSSR count). The third kappa shape index (κ3) is 2.50. The summed E-state index contributed by atoms with van der Waals surface area (Å²) >= 11 is 3.40. The maximum atomic E-state index is 11.6. The van der Waals surface area contributed by atoms with Gasteiger partial charge >= 0.3 is 0 Å². The highest BCUT2D eigenvalue weighted by Gasteiger charge is 2.15. The molecule has 1 aromatic carbocycles. The van der Waals surface area contributed by atoms with Crippen LogP contribution >= 0.6 is 15.9 Å². The molecule has 20 heavy (non-hydrogen) atoms. The van der Waals surface area contributed by atoms with E-state index in [0.29, 0.717) is 17.2 Å². The number of rotatable bonds is 3. The molecule has 102 valence electrons. The van der Waals surface area contributed by atoms with E-state index in [2.05, 4.69) is 36.7 Å². The molecule has 0 aliphatic carbocycles. The summed E-state index contributed by atoms with van der Waals surface area (Å²) in [5, 5.41) is 10.1. The van der Waals surface area contributed by atoms with Gasteiger partial charge in [0.1, 0.15) is 5.69 Å². The van der Waals surface area contributed by atoms with Crippen LogP contribution in [0.2, 0.25) is 0 Å². The SMILES string of the molecule is O=C(N/N=C/c1cc2c(cc1Br)OCO2)c1ccn[nH]1. The molecule has 0 bridgehead atoms. The molecule has 8 heteroatoms. The Morgan fingerprint density at radius 1 is 1.45 bits per heavy atom. The van der Waals surface area contributed by atoms with Crippen LogP contribution in [-0.2, 0) is 0 Å². The van der Waals surface area contributed by atoms with Gasteiger partial charge in [-0.25, -0.2) is 5.43 Å². The maximum Gasteiger partial charge on any atom is 0.289 e. The first-order chi connectivity index (χ1) is 9.74. The molecular weight excluding hydrogens is 328 g/mol. The number of aromatic nitrogens is 2. The highest BCUT2D eigenvalue weighted by molar-refractivity contribution is 9.10. The van der Waals surface area contributed by atoms with Crippen molar-refractivity contribution in [2.75, 3.05) is 6.79 Å². The number of ether oxygens (including phenoxy) is 2. The third-order valence-corrected chi connectivity index (χ3v) is 3.29. The second kappa shape index (κ2) is 5.33. The minimum Gasteiger partial charge on any atom is -0.454 e. The average molecular weight is 337 g/mol. The summed E-state index contributed by atoms with van der Waals surface area (Å²) in [6.07, 6.45) is 3.01. The number of nitrogens with zero attached hydrogens (tertiary/aromatic N) is 2. The molecule has 1 aliphatic rings.